The van der Waals surface area contributed by atoms with Crippen molar-refractivity contribution in [2.24, 2.45) is 0 Å². The van der Waals surface area contributed by atoms with E-state index in [4.69, 9.17) is 4.74 Å². The van der Waals surface area contributed by atoms with Gasteiger partial charge in [0, 0.05) is 6.54 Å². The Kier molecular flexibility index (Phi) is 4.98. The summed E-state index contributed by atoms with van der Waals surface area (Å²) in [7, 11) is 0. The van der Waals surface area contributed by atoms with Crippen molar-refractivity contribution in [3.63, 3.8) is 0 Å². The number of rotatable bonds is 5. The maximum Gasteiger partial charge on any atom is 0.167 e. The third-order valence-corrected chi connectivity index (χ3v) is 5.31. The van der Waals surface area contributed by atoms with E-state index in [1.807, 2.05) is 6.07 Å². The molecule has 1 aliphatic rings. The number of ether oxygens (including phenoxy) is 1. The van der Waals surface area contributed by atoms with Gasteiger partial charge >= 0.3 is 0 Å². The van der Waals surface area contributed by atoms with Gasteiger partial charge in [-0.1, -0.05) is 18.2 Å². The molecule has 28 heavy (non-hydrogen) atoms. The van der Waals surface area contributed by atoms with Crippen LogP contribution in [0.25, 0.3) is 11.2 Å². The smallest absolute Gasteiger partial charge is 0.167 e. The fourth-order valence-electron chi connectivity index (χ4n) is 3.46. The van der Waals surface area contributed by atoms with Gasteiger partial charge in [-0.2, -0.15) is 0 Å². The van der Waals surface area contributed by atoms with Crippen LogP contribution < -0.4 is 5.32 Å². The van der Waals surface area contributed by atoms with Crippen molar-refractivity contribution in [3.05, 3.63) is 47.5 Å². The number of nitrogens with one attached hydrogen (secondary N) is 1. The fourth-order valence-corrected chi connectivity index (χ4v) is 3.46. The van der Waals surface area contributed by atoms with E-state index in [1.54, 1.807) is 4.57 Å². The van der Waals surface area contributed by atoms with E-state index in [0.717, 1.165) is 5.56 Å². The summed E-state index contributed by atoms with van der Waals surface area (Å²) in [6.45, 7) is 4.35. The van der Waals surface area contributed by atoms with Gasteiger partial charge in [0.25, 0.3) is 0 Å². The van der Waals surface area contributed by atoms with Crippen molar-refractivity contribution in [3.8, 4) is 0 Å². The van der Waals surface area contributed by atoms with Crippen LogP contribution in [0.2, 0.25) is 0 Å². The summed E-state index contributed by atoms with van der Waals surface area (Å²) >= 11 is 0. The lowest BCUT2D eigenvalue weighted by Crippen LogP contribution is -2.33. The Labute approximate surface area is 161 Å². The van der Waals surface area contributed by atoms with Crippen LogP contribution in [0.5, 0.6) is 0 Å². The van der Waals surface area contributed by atoms with Gasteiger partial charge < -0.3 is 25.4 Å². The second-order valence-corrected chi connectivity index (χ2v) is 6.99. The molecule has 9 heteroatoms. The fraction of sp³-hybridized carbons (Fsp3) is 0.421. The average molecular weight is 385 g/mol. The van der Waals surface area contributed by atoms with Gasteiger partial charge in [0.15, 0.2) is 23.2 Å². The first kappa shape index (κ1) is 18.8. The van der Waals surface area contributed by atoms with E-state index >= 15 is 0 Å². The van der Waals surface area contributed by atoms with Crippen LogP contribution in [0.1, 0.15) is 22.9 Å². The Morgan fingerprint density at radius 3 is 2.71 bits per heavy atom. The number of aryl methyl sites for hydroxylation is 1. The predicted molar refractivity (Wildman–Crippen MR) is 102 cm³/mol. The van der Waals surface area contributed by atoms with Gasteiger partial charge in [0.1, 0.15) is 24.6 Å². The second-order valence-electron chi connectivity index (χ2n) is 6.99. The number of aliphatic hydroxyl groups is 3. The highest BCUT2D eigenvalue weighted by atomic mass is 16.6. The van der Waals surface area contributed by atoms with Crippen LogP contribution in [-0.4, -0.2) is 59.8 Å². The summed E-state index contributed by atoms with van der Waals surface area (Å²) in [5.41, 5.74) is 4.60. The summed E-state index contributed by atoms with van der Waals surface area (Å²) in [6, 6.07) is 6.15. The Morgan fingerprint density at radius 2 is 1.96 bits per heavy atom. The normalized spacial score (nSPS) is 24.8. The molecule has 0 aliphatic carbocycles. The van der Waals surface area contributed by atoms with E-state index in [0.29, 0.717) is 23.5 Å². The molecule has 1 aliphatic heterocycles. The molecule has 4 rings (SSSR count). The van der Waals surface area contributed by atoms with Crippen molar-refractivity contribution < 1.29 is 20.1 Å². The lowest BCUT2D eigenvalue weighted by molar-refractivity contribution is -0.0511. The first-order valence-electron chi connectivity index (χ1n) is 9.10. The lowest BCUT2D eigenvalue weighted by atomic mass is 10.0. The largest absolute Gasteiger partial charge is 0.394 e. The molecule has 9 nitrogen and oxygen atoms in total. The highest BCUT2D eigenvalue weighted by Crippen LogP contribution is 2.32. The van der Waals surface area contributed by atoms with Crippen LogP contribution in [-0.2, 0) is 11.3 Å². The summed E-state index contributed by atoms with van der Waals surface area (Å²) < 4.78 is 7.12. The van der Waals surface area contributed by atoms with Crippen LogP contribution in [0.3, 0.4) is 0 Å². The minimum absolute atomic E-state index is 0.390. The standard InChI is InChI=1S/C19H23N5O4/c1-10-4-3-5-12(11(10)2)6-20-17-14-18(22-8-21-17)24(9-23-14)19-16(27)15(26)13(7-25)28-19/h3-5,8-9,13,15-16,19,25-27H,6-7H2,1-2H3,(H,20,21,22)/t13-,15-,16-,19?/m1/s1. The molecule has 0 saturated carbocycles. The highest BCUT2D eigenvalue weighted by Gasteiger charge is 2.44. The molecule has 0 spiro atoms. The molecule has 4 N–H and O–H groups in total. The quantitative estimate of drug-likeness (QED) is 0.505. The predicted octanol–water partition coefficient (Wildman–Crippen LogP) is 0.667. The van der Waals surface area contributed by atoms with Gasteiger partial charge in [-0.15, -0.1) is 0 Å². The number of hydrogen-bond acceptors (Lipinski definition) is 8. The van der Waals surface area contributed by atoms with Gasteiger partial charge in [-0.3, -0.25) is 4.57 Å². The van der Waals surface area contributed by atoms with Crippen molar-refractivity contribution in [2.75, 3.05) is 11.9 Å². The topological polar surface area (TPSA) is 126 Å². The summed E-state index contributed by atoms with van der Waals surface area (Å²) in [6.07, 6.45) is -1.23. The SMILES string of the molecule is Cc1cccc(CNc2ncnc3c2ncn3C2O[C@H](CO)[C@@H](O)[C@H]2O)c1C. The Bertz CT molecular complexity index is 992. The van der Waals surface area contributed by atoms with Crippen molar-refractivity contribution in [2.45, 2.75) is 44.9 Å². The minimum Gasteiger partial charge on any atom is -0.394 e. The summed E-state index contributed by atoms with van der Waals surface area (Å²) in [5.74, 6) is 0.566. The second kappa shape index (κ2) is 7.44. The molecule has 3 heterocycles. The molecule has 2 aromatic heterocycles. The Balaban J connectivity index is 1.61. The molecule has 148 valence electrons. The third kappa shape index (κ3) is 3.12. The van der Waals surface area contributed by atoms with E-state index in [9.17, 15) is 15.3 Å². The van der Waals surface area contributed by atoms with Gasteiger partial charge in [-0.05, 0) is 30.5 Å². The van der Waals surface area contributed by atoms with Crippen LogP contribution in [0, 0.1) is 13.8 Å². The molecule has 1 unspecified atom stereocenters. The van der Waals surface area contributed by atoms with Crippen LogP contribution in [0.15, 0.2) is 30.9 Å². The zero-order valence-electron chi connectivity index (χ0n) is 15.6. The van der Waals surface area contributed by atoms with E-state index < -0.39 is 24.5 Å². The highest BCUT2D eigenvalue weighted by molar-refractivity contribution is 5.82. The molecule has 1 saturated heterocycles. The minimum atomic E-state index is -1.20. The number of imidazole rings is 1. The monoisotopic (exact) mass is 385 g/mol. The number of nitrogens with zero attached hydrogens (tertiary/aromatic N) is 4. The molecule has 0 amide bonds. The zero-order chi connectivity index (χ0) is 19.8. The first-order chi connectivity index (χ1) is 13.5. The maximum absolute atomic E-state index is 10.3. The van der Waals surface area contributed by atoms with Crippen molar-refractivity contribution >= 4 is 17.0 Å². The number of fused-ring (bicyclic) bond motifs is 1. The number of anilines is 1. The molecule has 0 radical (unpaired) electrons. The van der Waals surface area contributed by atoms with Crippen LogP contribution >= 0.6 is 0 Å². The Hall–Kier alpha value is -2.59. The summed E-state index contributed by atoms with van der Waals surface area (Å²) in [4.78, 5) is 12.9. The van der Waals surface area contributed by atoms with E-state index in [2.05, 4.69) is 46.2 Å². The third-order valence-electron chi connectivity index (χ3n) is 5.31. The molecular weight excluding hydrogens is 362 g/mol. The number of benzene rings is 1. The molecule has 1 aromatic carbocycles. The zero-order valence-corrected chi connectivity index (χ0v) is 15.6. The lowest BCUT2D eigenvalue weighted by Gasteiger charge is -2.16. The Morgan fingerprint density at radius 1 is 1.14 bits per heavy atom. The molecule has 1 fully saturated rings. The number of hydrogen-bond donors (Lipinski definition) is 4. The van der Waals surface area contributed by atoms with E-state index in [1.165, 1.54) is 23.8 Å². The number of aromatic nitrogens is 4. The molecule has 3 aromatic rings. The first-order valence-corrected chi connectivity index (χ1v) is 9.10. The van der Waals surface area contributed by atoms with E-state index in [-0.39, 0.29) is 6.61 Å². The van der Waals surface area contributed by atoms with Crippen LogP contribution in [0.4, 0.5) is 5.82 Å². The molecule has 4 atom stereocenters. The maximum atomic E-state index is 10.3. The summed E-state index contributed by atoms with van der Waals surface area (Å²) in [5, 5.41) is 32.9. The van der Waals surface area contributed by atoms with Crippen molar-refractivity contribution in [1.82, 2.24) is 19.5 Å². The van der Waals surface area contributed by atoms with Gasteiger partial charge in [0.2, 0.25) is 0 Å². The molecule has 0 bridgehead atoms. The average Bonchev–Trinajstić information content (AvgIpc) is 3.25. The van der Waals surface area contributed by atoms with Gasteiger partial charge in [-0.25, -0.2) is 15.0 Å². The molecular formula is C19H23N5O4. The van der Waals surface area contributed by atoms with Gasteiger partial charge in [0.05, 0.1) is 12.9 Å². The number of aliphatic hydroxyl groups excluding tert-OH is 3. The van der Waals surface area contributed by atoms with Crippen molar-refractivity contribution in [1.29, 1.82) is 0 Å².